The predicted molar refractivity (Wildman–Crippen MR) is 295 cm³/mol. The van der Waals surface area contributed by atoms with Crippen LogP contribution in [0.2, 0.25) is 0 Å². The molecule has 328 valence electrons. The third kappa shape index (κ3) is 6.94. The van der Waals surface area contributed by atoms with Crippen LogP contribution in [0.3, 0.4) is 0 Å². The predicted octanol–water partition coefficient (Wildman–Crippen LogP) is 18.5. The van der Waals surface area contributed by atoms with Crippen LogP contribution < -0.4 is 4.90 Å². The van der Waals surface area contributed by atoms with Crippen molar-refractivity contribution in [3.63, 3.8) is 0 Å². The lowest BCUT2D eigenvalue weighted by molar-refractivity contribution is 0.768. The molecule has 0 unspecified atom stereocenters. The van der Waals surface area contributed by atoms with E-state index >= 15 is 0 Å². The first kappa shape index (κ1) is 41.2. The largest absolute Gasteiger partial charge is 0.311 e. The van der Waals surface area contributed by atoms with Gasteiger partial charge in [-0.2, -0.15) is 0 Å². The second-order valence-electron chi connectivity index (χ2n) is 18.4. The molecule has 1 aliphatic rings. The average molecular weight is 890 g/mol. The minimum absolute atomic E-state index is 0.453. The number of rotatable bonds is 9. The van der Waals surface area contributed by atoms with Crippen LogP contribution in [0.1, 0.15) is 22.3 Å². The minimum atomic E-state index is -0.453. The molecule has 0 N–H and O–H groups in total. The maximum Gasteiger partial charge on any atom is 0.0713 e. The first-order valence-electron chi connectivity index (χ1n) is 24.2. The Kier molecular flexibility index (Phi) is 10.1. The average Bonchev–Trinajstić information content (AvgIpc) is 3.75. The number of nitrogens with zero attached hydrogens (tertiary/aromatic N) is 1. The van der Waals surface area contributed by atoms with Gasteiger partial charge in [0.15, 0.2) is 0 Å². The first-order valence-corrected chi connectivity index (χ1v) is 24.2. The van der Waals surface area contributed by atoms with Crippen molar-refractivity contribution in [1.29, 1.82) is 0 Å². The lowest BCUT2D eigenvalue weighted by Gasteiger charge is -2.34. The molecular formula is C69H47N. The van der Waals surface area contributed by atoms with E-state index in [1.165, 1.54) is 99.4 Å². The van der Waals surface area contributed by atoms with Crippen LogP contribution in [-0.4, -0.2) is 0 Å². The van der Waals surface area contributed by atoms with Gasteiger partial charge in [-0.15, -0.1) is 0 Å². The van der Waals surface area contributed by atoms with E-state index in [1.807, 2.05) is 0 Å². The summed E-state index contributed by atoms with van der Waals surface area (Å²) in [7, 11) is 0. The highest BCUT2D eigenvalue weighted by molar-refractivity contribution is 5.98. The van der Waals surface area contributed by atoms with Crippen molar-refractivity contribution in [2.75, 3.05) is 4.90 Å². The van der Waals surface area contributed by atoms with Gasteiger partial charge in [0.05, 0.1) is 5.41 Å². The second-order valence-corrected chi connectivity index (χ2v) is 18.4. The standard InChI is InChI=1S/C69H47N/c1-3-19-57(20-4-1)69(58-21-5-2-6-22-58)66-27-12-11-24-65(66)68-64(26-14-28-67(68)69)54-39-45-61(46-40-54)70(60-43-37-51(38-44-60)56-34-31-48-15-7-8-17-55(48)47-56)59-41-35-50(36-42-59)49-29-32-53(33-30-49)63-25-13-18-52-16-9-10-23-62(52)63/h1-47H. The molecule has 0 atom stereocenters. The molecule has 0 fully saturated rings. The minimum Gasteiger partial charge on any atom is -0.311 e. The zero-order valence-corrected chi connectivity index (χ0v) is 38.6. The smallest absolute Gasteiger partial charge is 0.0713 e. The molecule has 13 rings (SSSR count). The summed E-state index contributed by atoms with van der Waals surface area (Å²) in [5.74, 6) is 0. The quantitative estimate of drug-likeness (QED) is 0.140. The van der Waals surface area contributed by atoms with E-state index in [0.29, 0.717) is 0 Å². The van der Waals surface area contributed by atoms with E-state index in [0.717, 1.165) is 17.1 Å². The van der Waals surface area contributed by atoms with Crippen LogP contribution in [0.5, 0.6) is 0 Å². The summed E-state index contributed by atoms with van der Waals surface area (Å²) in [6.45, 7) is 0. The Labute approximate surface area is 409 Å². The highest BCUT2D eigenvalue weighted by atomic mass is 15.1. The summed E-state index contributed by atoms with van der Waals surface area (Å²) in [4.78, 5) is 2.38. The maximum atomic E-state index is 2.38. The van der Waals surface area contributed by atoms with Gasteiger partial charge in [-0.05, 0) is 142 Å². The molecular weight excluding hydrogens is 843 g/mol. The fraction of sp³-hybridized carbons (Fsp3) is 0.0145. The maximum absolute atomic E-state index is 2.38. The zero-order chi connectivity index (χ0) is 46.4. The summed E-state index contributed by atoms with van der Waals surface area (Å²) in [5.41, 5.74) is 20.2. The Balaban J connectivity index is 0.888. The van der Waals surface area contributed by atoms with Gasteiger partial charge in [-0.25, -0.2) is 0 Å². The van der Waals surface area contributed by atoms with E-state index in [1.54, 1.807) is 0 Å². The summed E-state index contributed by atoms with van der Waals surface area (Å²) in [5, 5.41) is 5.02. The fourth-order valence-corrected chi connectivity index (χ4v) is 11.3. The topological polar surface area (TPSA) is 3.24 Å². The van der Waals surface area contributed by atoms with Gasteiger partial charge in [0.25, 0.3) is 0 Å². The summed E-state index contributed by atoms with van der Waals surface area (Å²) in [6, 6.07) is 105. The molecule has 0 heterocycles. The van der Waals surface area contributed by atoms with Crippen molar-refractivity contribution in [3.8, 4) is 55.6 Å². The van der Waals surface area contributed by atoms with Gasteiger partial charge in [-0.1, -0.05) is 243 Å². The number of anilines is 3. The van der Waals surface area contributed by atoms with Crippen LogP contribution in [0.4, 0.5) is 17.1 Å². The van der Waals surface area contributed by atoms with Gasteiger partial charge >= 0.3 is 0 Å². The molecule has 12 aromatic rings. The molecule has 1 nitrogen and oxygen atoms in total. The Bertz CT molecular complexity index is 3790. The molecule has 0 aliphatic heterocycles. The van der Waals surface area contributed by atoms with Crippen LogP contribution >= 0.6 is 0 Å². The fourth-order valence-electron chi connectivity index (χ4n) is 11.3. The third-order valence-electron chi connectivity index (χ3n) is 14.6. The summed E-state index contributed by atoms with van der Waals surface area (Å²) < 4.78 is 0. The van der Waals surface area contributed by atoms with Crippen molar-refractivity contribution in [2.45, 2.75) is 5.41 Å². The molecule has 0 saturated carbocycles. The number of hydrogen-bond acceptors (Lipinski definition) is 1. The molecule has 12 aromatic carbocycles. The van der Waals surface area contributed by atoms with Crippen LogP contribution in [-0.2, 0) is 5.41 Å². The molecule has 0 spiro atoms. The van der Waals surface area contributed by atoms with Crippen LogP contribution in [0.15, 0.2) is 285 Å². The molecule has 0 saturated heterocycles. The van der Waals surface area contributed by atoms with Crippen molar-refractivity contribution in [1.82, 2.24) is 0 Å². The van der Waals surface area contributed by atoms with Gasteiger partial charge < -0.3 is 4.90 Å². The van der Waals surface area contributed by atoms with E-state index in [4.69, 9.17) is 0 Å². The highest BCUT2D eigenvalue weighted by Gasteiger charge is 2.46. The van der Waals surface area contributed by atoms with Crippen molar-refractivity contribution >= 4 is 38.6 Å². The summed E-state index contributed by atoms with van der Waals surface area (Å²) >= 11 is 0. The van der Waals surface area contributed by atoms with E-state index in [-0.39, 0.29) is 0 Å². The number of benzene rings is 12. The van der Waals surface area contributed by atoms with Crippen molar-refractivity contribution in [3.05, 3.63) is 307 Å². The Morgan fingerprint density at radius 1 is 0.243 bits per heavy atom. The molecule has 1 heteroatoms. The number of hydrogen-bond donors (Lipinski definition) is 0. The molecule has 0 aromatic heterocycles. The Morgan fingerprint density at radius 2 is 0.657 bits per heavy atom. The molecule has 0 amide bonds. The normalized spacial score (nSPS) is 12.4. The van der Waals surface area contributed by atoms with Gasteiger partial charge in [0.1, 0.15) is 0 Å². The van der Waals surface area contributed by atoms with Gasteiger partial charge in [0.2, 0.25) is 0 Å². The Hall–Kier alpha value is -9.04. The van der Waals surface area contributed by atoms with E-state index in [2.05, 4.69) is 290 Å². The third-order valence-corrected chi connectivity index (χ3v) is 14.6. The Morgan fingerprint density at radius 3 is 1.31 bits per heavy atom. The highest BCUT2D eigenvalue weighted by Crippen LogP contribution is 2.58. The van der Waals surface area contributed by atoms with Crippen molar-refractivity contribution < 1.29 is 0 Å². The lowest BCUT2D eigenvalue weighted by Crippen LogP contribution is -2.28. The van der Waals surface area contributed by atoms with Crippen LogP contribution in [0, 0.1) is 0 Å². The lowest BCUT2D eigenvalue weighted by atomic mass is 9.67. The van der Waals surface area contributed by atoms with E-state index < -0.39 is 5.41 Å². The first-order chi connectivity index (χ1) is 34.7. The van der Waals surface area contributed by atoms with Crippen LogP contribution in [0.25, 0.3) is 77.2 Å². The van der Waals surface area contributed by atoms with Crippen molar-refractivity contribution in [2.24, 2.45) is 0 Å². The van der Waals surface area contributed by atoms with Gasteiger partial charge in [0, 0.05) is 17.1 Å². The SMILES string of the molecule is c1ccc(C2(c3ccccc3)c3ccccc3-c3c(-c4ccc(N(c5ccc(-c6ccc(-c7cccc8ccccc78)cc6)cc5)c5ccc(-c6ccc7ccccc7c6)cc5)cc4)cccc32)cc1. The molecule has 0 radical (unpaired) electrons. The molecule has 0 bridgehead atoms. The monoisotopic (exact) mass is 889 g/mol. The summed E-state index contributed by atoms with van der Waals surface area (Å²) in [6.07, 6.45) is 0. The molecule has 70 heavy (non-hydrogen) atoms. The number of fused-ring (bicyclic) bond motifs is 5. The second kappa shape index (κ2) is 17.2. The zero-order valence-electron chi connectivity index (χ0n) is 38.6. The van der Waals surface area contributed by atoms with E-state index in [9.17, 15) is 0 Å². The molecule has 1 aliphatic carbocycles. The van der Waals surface area contributed by atoms with Gasteiger partial charge in [-0.3, -0.25) is 0 Å².